The topological polar surface area (TPSA) is 49.4 Å². The first-order valence-corrected chi connectivity index (χ1v) is 11.0. The molecule has 0 aromatic heterocycles. The van der Waals surface area contributed by atoms with E-state index < -0.39 is 9.84 Å². The van der Waals surface area contributed by atoms with Crippen molar-refractivity contribution in [2.24, 2.45) is 5.92 Å². The summed E-state index contributed by atoms with van der Waals surface area (Å²) in [6.45, 7) is 11.1. The minimum absolute atomic E-state index is 0.243. The van der Waals surface area contributed by atoms with E-state index in [4.69, 9.17) is 0 Å². The molecule has 1 saturated heterocycles. The second-order valence-corrected chi connectivity index (χ2v) is 9.81. The highest BCUT2D eigenvalue weighted by Crippen LogP contribution is 2.25. The molecule has 1 N–H and O–H groups in total. The molecule has 1 rings (SSSR count). The Hall–Kier alpha value is 0.220. The van der Waals surface area contributed by atoms with Gasteiger partial charge in [0.25, 0.3) is 0 Å². The fourth-order valence-corrected chi connectivity index (χ4v) is 5.86. The van der Waals surface area contributed by atoms with Crippen LogP contribution < -0.4 is 5.32 Å². The quantitative estimate of drug-likeness (QED) is 0.699. The zero-order valence-electron chi connectivity index (χ0n) is 14.0. The van der Waals surface area contributed by atoms with Crippen molar-refractivity contribution in [3.05, 3.63) is 0 Å². The van der Waals surface area contributed by atoms with E-state index in [0.29, 0.717) is 12.0 Å². The number of thioether (sulfide) groups is 1. The van der Waals surface area contributed by atoms with Crippen molar-refractivity contribution in [1.82, 2.24) is 10.2 Å². The van der Waals surface area contributed by atoms with Crippen LogP contribution in [-0.2, 0) is 9.84 Å². The predicted octanol–water partition coefficient (Wildman–Crippen LogP) is 2.21. The van der Waals surface area contributed by atoms with Crippen molar-refractivity contribution in [3.63, 3.8) is 0 Å². The molecule has 0 radical (unpaired) electrons. The van der Waals surface area contributed by atoms with Crippen molar-refractivity contribution in [2.45, 2.75) is 52.0 Å². The summed E-state index contributed by atoms with van der Waals surface area (Å²) in [6.07, 6.45) is 2.15. The van der Waals surface area contributed by atoms with Gasteiger partial charge in [-0.2, -0.15) is 11.8 Å². The van der Waals surface area contributed by atoms with Crippen LogP contribution in [0, 0.1) is 5.92 Å². The van der Waals surface area contributed by atoms with Crippen LogP contribution in [0.4, 0.5) is 0 Å². The molecule has 0 amide bonds. The average molecular weight is 337 g/mol. The van der Waals surface area contributed by atoms with Gasteiger partial charge in [-0.25, -0.2) is 8.42 Å². The molecule has 2 unspecified atom stereocenters. The van der Waals surface area contributed by atoms with Gasteiger partial charge in [-0.1, -0.05) is 34.1 Å². The first-order valence-electron chi connectivity index (χ1n) is 8.18. The second kappa shape index (κ2) is 9.38. The van der Waals surface area contributed by atoms with Crippen LogP contribution in [0.3, 0.4) is 0 Å². The Bertz CT molecular complexity index is 385. The van der Waals surface area contributed by atoms with Gasteiger partial charge >= 0.3 is 0 Å². The Kier molecular flexibility index (Phi) is 8.61. The molecule has 2 atom stereocenters. The highest BCUT2D eigenvalue weighted by molar-refractivity contribution is 8.01. The van der Waals surface area contributed by atoms with E-state index in [-0.39, 0.29) is 11.1 Å². The maximum atomic E-state index is 12.4. The van der Waals surface area contributed by atoms with Gasteiger partial charge in [0.2, 0.25) is 0 Å². The number of hydrogen-bond donors (Lipinski definition) is 1. The molecule has 1 heterocycles. The SMILES string of the molecule is CCCC(CNCC(C)C)N1CCSCC1S(=O)(=O)CC. The predicted molar refractivity (Wildman–Crippen MR) is 93.7 cm³/mol. The zero-order chi connectivity index (χ0) is 15.9. The summed E-state index contributed by atoms with van der Waals surface area (Å²) in [7, 11) is -3.00. The van der Waals surface area contributed by atoms with Crippen LogP contribution in [-0.4, -0.2) is 61.6 Å². The smallest absolute Gasteiger partial charge is 0.166 e. The lowest BCUT2D eigenvalue weighted by molar-refractivity contribution is 0.176. The fourth-order valence-electron chi connectivity index (χ4n) is 2.77. The average Bonchev–Trinajstić information content (AvgIpc) is 2.46. The normalized spacial score (nSPS) is 22.6. The fraction of sp³-hybridized carbons (Fsp3) is 1.00. The largest absolute Gasteiger partial charge is 0.315 e. The van der Waals surface area contributed by atoms with Crippen molar-refractivity contribution < 1.29 is 8.42 Å². The third-order valence-electron chi connectivity index (χ3n) is 3.96. The standard InChI is InChI=1S/C15H32N2O2S2/c1-5-7-14(11-16-10-13(3)4)17-8-9-20-12-15(17)21(18,19)6-2/h13-16H,5-12H2,1-4H3. The molecular formula is C15H32N2O2S2. The summed E-state index contributed by atoms with van der Waals surface area (Å²) in [4.78, 5) is 2.26. The van der Waals surface area contributed by atoms with E-state index in [1.165, 1.54) is 0 Å². The van der Waals surface area contributed by atoms with Crippen LogP contribution >= 0.6 is 11.8 Å². The van der Waals surface area contributed by atoms with Gasteiger partial charge in [0.1, 0.15) is 5.37 Å². The minimum atomic E-state index is -3.00. The summed E-state index contributed by atoms with van der Waals surface area (Å²) in [5.41, 5.74) is 0. The third kappa shape index (κ3) is 6.08. The van der Waals surface area contributed by atoms with E-state index in [9.17, 15) is 8.42 Å². The van der Waals surface area contributed by atoms with Crippen LogP contribution in [0.25, 0.3) is 0 Å². The summed E-state index contributed by atoms with van der Waals surface area (Å²) in [5, 5.41) is 3.22. The van der Waals surface area contributed by atoms with Crippen molar-refractivity contribution in [3.8, 4) is 0 Å². The van der Waals surface area contributed by atoms with Gasteiger partial charge in [-0.05, 0) is 18.9 Å². The Morgan fingerprint density at radius 1 is 1.29 bits per heavy atom. The Balaban J connectivity index is 2.76. The van der Waals surface area contributed by atoms with E-state index in [1.54, 1.807) is 18.7 Å². The lowest BCUT2D eigenvalue weighted by Crippen LogP contribution is -2.55. The third-order valence-corrected chi connectivity index (χ3v) is 7.27. The highest BCUT2D eigenvalue weighted by Gasteiger charge is 2.36. The number of sulfone groups is 1. The molecule has 0 spiro atoms. The summed E-state index contributed by atoms with van der Waals surface area (Å²) in [5.74, 6) is 2.63. The van der Waals surface area contributed by atoms with Gasteiger partial charge in [0, 0.05) is 36.4 Å². The van der Waals surface area contributed by atoms with Gasteiger partial charge in [-0.15, -0.1) is 0 Å². The molecule has 126 valence electrons. The second-order valence-electron chi connectivity index (χ2n) is 6.21. The monoisotopic (exact) mass is 336 g/mol. The summed E-state index contributed by atoms with van der Waals surface area (Å²) in [6, 6.07) is 0.334. The van der Waals surface area contributed by atoms with Crippen molar-refractivity contribution in [2.75, 3.05) is 36.9 Å². The number of nitrogens with one attached hydrogen (secondary N) is 1. The molecular weight excluding hydrogens is 304 g/mol. The maximum Gasteiger partial charge on any atom is 0.166 e. The van der Waals surface area contributed by atoms with Crippen molar-refractivity contribution >= 4 is 21.6 Å². The minimum Gasteiger partial charge on any atom is -0.315 e. The molecule has 4 nitrogen and oxygen atoms in total. The van der Waals surface area contributed by atoms with Crippen LogP contribution in [0.15, 0.2) is 0 Å². The van der Waals surface area contributed by atoms with Crippen LogP contribution in [0.1, 0.15) is 40.5 Å². The zero-order valence-corrected chi connectivity index (χ0v) is 15.6. The molecule has 21 heavy (non-hydrogen) atoms. The van der Waals surface area contributed by atoms with Crippen LogP contribution in [0.2, 0.25) is 0 Å². The molecule has 0 aromatic carbocycles. The highest BCUT2D eigenvalue weighted by atomic mass is 32.2. The first-order chi connectivity index (χ1) is 9.92. The Morgan fingerprint density at radius 3 is 2.57 bits per heavy atom. The molecule has 0 aromatic rings. The van der Waals surface area contributed by atoms with Gasteiger partial charge in [-0.3, -0.25) is 4.90 Å². The molecule has 0 aliphatic carbocycles. The maximum absolute atomic E-state index is 12.4. The molecule has 6 heteroatoms. The molecule has 1 aliphatic heterocycles. The number of hydrogen-bond acceptors (Lipinski definition) is 5. The van der Waals surface area contributed by atoms with Gasteiger partial charge in [0.15, 0.2) is 9.84 Å². The van der Waals surface area contributed by atoms with E-state index in [2.05, 4.69) is 31.0 Å². The van der Waals surface area contributed by atoms with Gasteiger partial charge < -0.3 is 5.32 Å². The molecule has 0 bridgehead atoms. The van der Waals surface area contributed by atoms with Crippen molar-refractivity contribution in [1.29, 1.82) is 0 Å². The van der Waals surface area contributed by atoms with Gasteiger partial charge in [0.05, 0.1) is 0 Å². The Labute approximate surface area is 135 Å². The molecule has 0 saturated carbocycles. The van der Waals surface area contributed by atoms with Crippen LogP contribution in [0.5, 0.6) is 0 Å². The van der Waals surface area contributed by atoms with E-state index in [1.807, 2.05) is 0 Å². The number of rotatable bonds is 9. The van der Waals surface area contributed by atoms with E-state index in [0.717, 1.165) is 44.0 Å². The summed E-state index contributed by atoms with van der Waals surface area (Å²) < 4.78 is 24.8. The molecule has 1 fully saturated rings. The molecule has 1 aliphatic rings. The first kappa shape index (κ1) is 19.3. The number of nitrogens with zero attached hydrogens (tertiary/aromatic N) is 1. The lowest BCUT2D eigenvalue weighted by Gasteiger charge is -2.40. The Morgan fingerprint density at radius 2 is 2.00 bits per heavy atom. The van der Waals surface area contributed by atoms with E-state index >= 15 is 0 Å². The summed E-state index contributed by atoms with van der Waals surface area (Å²) >= 11 is 1.77. The lowest BCUT2D eigenvalue weighted by atomic mass is 10.1.